The molecule has 1 rings (SSSR count). The molecule has 1 aromatic rings. The number of amides is 6. The maximum atomic E-state index is 13.3. The Morgan fingerprint density at radius 2 is 1.22 bits per heavy atom. The molecule has 0 aliphatic carbocycles. The van der Waals surface area contributed by atoms with E-state index in [0.717, 1.165) is 6.92 Å². The molecule has 0 aromatic carbocycles. The third kappa shape index (κ3) is 14.3. The predicted octanol–water partition coefficient (Wildman–Crippen LogP) is -1.75. The van der Waals surface area contributed by atoms with Crippen LogP contribution in [0.3, 0.4) is 0 Å². The molecule has 22 heteroatoms. The van der Waals surface area contributed by atoms with Crippen LogP contribution in [0.25, 0.3) is 0 Å². The molecule has 0 radical (unpaired) electrons. The average Bonchev–Trinajstić information content (AvgIpc) is 3.31. The Hall–Kier alpha value is -5.12. The number of hydrogen-bond donors (Lipinski definition) is 9. The van der Waals surface area contributed by atoms with Crippen LogP contribution in [0, 0.1) is 12.8 Å². The van der Waals surface area contributed by atoms with Crippen LogP contribution in [0.1, 0.15) is 58.9 Å². The zero-order valence-corrected chi connectivity index (χ0v) is 28.6. The zero-order chi connectivity index (χ0) is 37.8. The van der Waals surface area contributed by atoms with Crippen molar-refractivity contribution in [3.63, 3.8) is 0 Å². The van der Waals surface area contributed by atoms with Gasteiger partial charge in [0.05, 0.1) is 17.8 Å². The maximum absolute atomic E-state index is 13.3. The van der Waals surface area contributed by atoms with Crippen LogP contribution in [0.15, 0.2) is 10.3 Å². The first kappa shape index (κ1) is 41.9. The van der Waals surface area contributed by atoms with Gasteiger partial charge in [-0.1, -0.05) is 13.8 Å². The van der Waals surface area contributed by atoms with E-state index < -0.39 is 119 Å². The number of rotatable bonds is 19. The van der Waals surface area contributed by atoms with Crippen LogP contribution < -0.4 is 31.3 Å². The topological polar surface area (TPSA) is 321 Å². The second kappa shape index (κ2) is 18.4. The number of nitrogens with one attached hydrogen (secondary N) is 6. The minimum Gasteiger partial charge on any atom is -0.481 e. The van der Waals surface area contributed by atoms with Crippen molar-refractivity contribution in [2.75, 3.05) is 5.32 Å². The lowest BCUT2D eigenvalue weighted by molar-refractivity contribution is -0.142. The van der Waals surface area contributed by atoms with E-state index in [9.17, 15) is 56.7 Å². The Morgan fingerprint density at radius 1 is 0.714 bits per heavy atom. The molecule has 49 heavy (non-hydrogen) atoms. The highest BCUT2D eigenvalue weighted by atomic mass is 32.2. The number of hydrogen-bond acceptors (Lipinski definition) is 12. The Labute approximate surface area is 283 Å². The highest BCUT2D eigenvalue weighted by Crippen LogP contribution is 2.30. The Morgan fingerprint density at radius 3 is 1.69 bits per heavy atom. The Balaban J connectivity index is 3.26. The van der Waals surface area contributed by atoms with E-state index in [-0.39, 0.29) is 14.8 Å². The highest BCUT2D eigenvalue weighted by molar-refractivity contribution is 7.92. The molecule has 0 aliphatic heterocycles. The van der Waals surface area contributed by atoms with E-state index in [0.29, 0.717) is 11.3 Å². The van der Waals surface area contributed by atoms with Gasteiger partial charge in [0, 0.05) is 20.3 Å². The first-order valence-electron chi connectivity index (χ1n) is 14.3. The van der Waals surface area contributed by atoms with Crippen molar-refractivity contribution in [3.05, 3.63) is 11.6 Å². The van der Waals surface area contributed by atoms with Gasteiger partial charge in [-0.15, -0.1) is 11.3 Å². The van der Waals surface area contributed by atoms with E-state index >= 15 is 0 Å². The fourth-order valence-corrected chi connectivity index (χ4v) is 6.76. The molecule has 20 nitrogen and oxygen atoms in total. The van der Waals surface area contributed by atoms with E-state index in [2.05, 4.69) is 26.6 Å². The van der Waals surface area contributed by atoms with Crippen molar-refractivity contribution < 1.29 is 66.9 Å². The normalized spacial score (nSPS) is 13.5. The van der Waals surface area contributed by atoms with Crippen molar-refractivity contribution in [1.29, 1.82) is 0 Å². The van der Waals surface area contributed by atoms with Gasteiger partial charge in [0.15, 0.2) is 0 Å². The second-order valence-corrected chi connectivity index (χ2v) is 13.9. The first-order chi connectivity index (χ1) is 22.5. The average molecular weight is 735 g/mol. The summed E-state index contributed by atoms with van der Waals surface area (Å²) in [4.78, 5) is 109. The number of sulfonamides is 1. The fraction of sp³-hybridized carbons (Fsp3) is 0.519. The number of thiophene rings is 1. The summed E-state index contributed by atoms with van der Waals surface area (Å²) in [5, 5.41) is 38.7. The minimum atomic E-state index is -4.63. The molecule has 0 saturated heterocycles. The van der Waals surface area contributed by atoms with Gasteiger partial charge in [0.2, 0.25) is 29.5 Å². The van der Waals surface area contributed by atoms with Gasteiger partial charge in [0.25, 0.3) is 15.9 Å². The van der Waals surface area contributed by atoms with E-state index in [1.165, 1.54) is 33.8 Å². The molecule has 0 spiro atoms. The monoisotopic (exact) mass is 734 g/mol. The standard InChI is InChI=1S/C27H38N6O14S2/c1-11(2)22(32-23(42)15(6-7-19(36)37)30-24(43)16(9-20(38)39)28-13(4)34)26(45)31-17(10-21(40)41)25(44)33-49(46,47)27-12(3)8-18(48-27)29-14(5)35/h8,11,15-17,22H,6-7,9-10H2,1-5H3,(H,28,34)(H,29,35)(H,30,43)(H,31,45)(H,32,42)(H,33,44)(H,36,37)(H,38,39)(H,40,41)/t15-,16-,17-,22-/m0/s1. The quantitative estimate of drug-likeness (QED) is 0.0761. The molecule has 6 amide bonds. The Kier molecular flexibility index (Phi) is 15.8. The summed E-state index contributed by atoms with van der Waals surface area (Å²) in [7, 11) is -4.63. The molecule has 4 atom stereocenters. The third-order valence-electron chi connectivity index (χ3n) is 6.26. The molecule has 0 bridgehead atoms. The van der Waals surface area contributed by atoms with Crippen LogP contribution in [0.2, 0.25) is 0 Å². The SMILES string of the molecule is CC(=O)Nc1cc(C)c(S(=O)(=O)NC(=O)[C@H](CC(=O)O)NC(=O)[C@@H](NC(=O)[C@H](CCC(=O)O)NC(=O)[C@H](CC(=O)O)NC(C)=O)C(C)C)s1. The van der Waals surface area contributed by atoms with Crippen molar-refractivity contribution in [2.45, 2.75) is 88.7 Å². The molecule has 272 valence electrons. The van der Waals surface area contributed by atoms with Gasteiger partial charge in [-0.3, -0.25) is 43.2 Å². The van der Waals surface area contributed by atoms with Gasteiger partial charge >= 0.3 is 17.9 Å². The summed E-state index contributed by atoms with van der Waals surface area (Å²) in [6, 6.07) is -5.56. The van der Waals surface area contributed by atoms with Gasteiger partial charge < -0.3 is 41.9 Å². The predicted molar refractivity (Wildman–Crippen MR) is 168 cm³/mol. The molecular formula is C27H38N6O14S2. The second-order valence-electron chi connectivity index (χ2n) is 11.0. The van der Waals surface area contributed by atoms with E-state index in [1.807, 2.05) is 0 Å². The number of aliphatic carboxylic acids is 3. The number of aryl methyl sites for hydroxylation is 1. The zero-order valence-electron chi connectivity index (χ0n) is 26.9. The Bertz CT molecular complexity index is 1570. The fourth-order valence-electron chi connectivity index (χ4n) is 4.09. The summed E-state index contributed by atoms with van der Waals surface area (Å²) in [5.74, 6) is -11.4. The summed E-state index contributed by atoms with van der Waals surface area (Å²) < 4.78 is 27.3. The van der Waals surface area contributed by atoms with Gasteiger partial charge in [-0.2, -0.15) is 0 Å². The first-order valence-corrected chi connectivity index (χ1v) is 16.6. The number of carbonyl (C=O) groups is 9. The maximum Gasteiger partial charge on any atom is 0.305 e. The van der Waals surface area contributed by atoms with Crippen LogP contribution in [0.4, 0.5) is 5.00 Å². The number of carboxylic acids is 3. The summed E-state index contributed by atoms with van der Waals surface area (Å²) in [5.41, 5.74) is 0.145. The van der Waals surface area contributed by atoms with Gasteiger partial charge in [0.1, 0.15) is 28.4 Å². The molecule has 0 saturated carbocycles. The number of anilines is 1. The van der Waals surface area contributed by atoms with Crippen LogP contribution >= 0.6 is 11.3 Å². The smallest absolute Gasteiger partial charge is 0.305 e. The minimum absolute atomic E-state index is 0.145. The van der Waals surface area contributed by atoms with Crippen molar-refractivity contribution in [2.24, 2.45) is 5.92 Å². The summed E-state index contributed by atoms with van der Waals surface area (Å²) in [6.45, 7) is 6.43. The molecule has 1 aromatic heterocycles. The molecule has 9 N–H and O–H groups in total. The van der Waals surface area contributed by atoms with Crippen molar-refractivity contribution in [1.82, 2.24) is 26.0 Å². The van der Waals surface area contributed by atoms with Crippen LogP contribution in [-0.2, 0) is 53.2 Å². The van der Waals surface area contributed by atoms with Crippen LogP contribution in [0.5, 0.6) is 0 Å². The molecule has 0 unspecified atom stereocenters. The molecule has 1 heterocycles. The van der Waals surface area contributed by atoms with E-state index in [1.54, 1.807) is 4.72 Å². The largest absolute Gasteiger partial charge is 0.481 e. The molecular weight excluding hydrogens is 696 g/mol. The molecule has 0 aliphatic rings. The summed E-state index contributed by atoms with van der Waals surface area (Å²) in [6.07, 6.45) is -3.21. The lowest BCUT2D eigenvalue weighted by Crippen LogP contribution is -2.59. The third-order valence-corrected chi connectivity index (χ3v) is 9.40. The lowest BCUT2D eigenvalue weighted by Gasteiger charge is -2.27. The van der Waals surface area contributed by atoms with E-state index in [4.69, 9.17) is 10.2 Å². The summed E-state index contributed by atoms with van der Waals surface area (Å²) >= 11 is 0.609. The van der Waals surface area contributed by atoms with Gasteiger partial charge in [-0.05, 0) is 30.9 Å². The number of carbonyl (C=O) groups excluding carboxylic acids is 6. The van der Waals surface area contributed by atoms with Crippen molar-refractivity contribution in [3.8, 4) is 0 Å². The number of carboxylic acid groups (broad SMARTS) is 3. The van der Waals surface area contributed by atoms with Crippen LogP contribution in [-0.4, -0.2) is 101 Å². The lowest BCUT2D eigenvalue weighted by atomic mass is 10.0. The van der Waals surface area contributed by atoms with Gasteiger partial charge in [-0.25, -0.2) is 13.1 Å². The van der Waals surface area contributed by atoms with Crippen molar-refractivity contribution >= 4 is 79.7 Å². The molecule has 0 fully saturated rings. The highest BCUT2D eigenvalue weighted by Gasteiger charge is 2.35.